The minimum absolute atomic E-state index is 0.0571. The van der Waals surface area contributed by atoms with Crippen LogP contribution in [0.1, 0.15) is 39.7 Å². The van der Waals surface area contributed by atoms with Gasteiger partial charge in [0, 0.05) is 24.5 Å². The Morgan fingerprint density at radius 1 is 1.28 bits per heavy atom. The van der Waals surface area contributed by atoms with Crippen LogP contribution in [0.15, 0.2) is 34.2 Å². The molecule has 0 spiro atoms. The van der Waals surface area contributed by atoms with Crippen LogP contribution in [0.4, 0.5) is 5.69 Å². The molecule has 1 aromatic rings. The number of nitro groups is 1. The van der Waals surface area contributed by atoms with Crippen LogP contribution in [0, 0.1) is 16.0 Å². The topological polar surface area (TPSA) is 116 Å². The molecule has 0 radical (unpaired) electrons. The Morgan fingerprint density at radius 3 is 2.47 bits per heavy atom. The number of hydrogen-bond donors (Lipinski definition) is 0. The summed E-state index contributed by atoms with van der Waals surface area (Å²) in [6.07, 6.45) is 0.555. The maximum absolute atomic E-state index is 13.1. The molecule has 1 fully saturated rings. The van der Waals surface area contributed by atoms with Crippen LogP contribution in [0.5, 0.6) is 0 Å². The summed E-state index contributed by atoms with van der Waals surface area (Å²) in [5, 5.41) is 10.7. The number of non-ortho nitro benzene ring substituents is 1. The van der Waals surface area contributed by atoms with Gasteiger partial charge in [-0.2, -0.15) is 0 Å². The molecule has 0 bridgehead atoms. The second-order valence-corrected chi connectivity index (χ2v) is 19.6. The van der Waals surface area contributed by atoms with Gasteiger partial charge in [0.05, 0.1) is 30.3 Å². The normalized spacial score (nSPS) is 20.7. The number of hydrogen-bond acceptors (Lipinski definition) is 9. The molecule has 1 amide bonds. The standard InChI is InChI=1S/C23H32N2O7S3Si/c1-7-35(30)34-22-18(21(27)31-14-15-8-10-16(11-9-15)25(28)29)24-19(26)17(20(24)33-22)12-13-32-36(5,6)23(2,3)4/h8-11,17,20H,7,12-14H2,1-6H3/t17-,20+,35+/m0/s1. The highest BCUT2D eigenvalue weighted by Gasteiger charge is 2.56. The van der Waals surface area contributed by atoms with Gasteiger partial charge in [-0.1, -0.05) is 39.5 Å². The summed E-state index contributed by atoms with van der Waals surface area (Å²) in [6, 6.07) is 5.71. The molecule has 2 aliphatic rings. The molecule has 1 aromatic carbocycles. The van der Waals surface area contributed by atoms with E-state index in [-0.39, 0.29) is 40.2 Å². The van der Waals surface area contributed by atoms with E-state index < -0.39 is 29.0 Å². The molecule has 9 nitrogen and oxygen atoms in total. The number of rotatable bonds is 11. The van der Waals surface area contributed by atoms with Gasteiger partial charge in [0.1, 0.15) is 6.61 Å². The monoisotopic (exact) mass is 572 g/mol. The van der Waals surface area contributed by atoms with Crippen molar-refractivity contribution in [1.82, 2.24) is 4.90 Å². The lowest BCUT2D eigenvalue weighted by Crippen LogP contribution is -2.57. The number of ether oxygens (including phenoxy) is 1. The number of nitro benzene ring substituents is 1. The number of β-lactam (4-membered cyclic amide) rings is 1. The molecule has 3 atom stereocenters. The van der Waals surface area contributed by atoms with Crippen LogP contribution in [-0.4, -0.2) is 52.0 Å². The van der Waals surface area contributed by atoms with Crippen molar-refractivity contribution in [2.24, 2.45) is 5.92 Å². The van der Waals surface area contributed by atoms with Crippen LogP contribution in [0.25, 0.3) is 0 Å². The summed E-state index contributed by atoms with van der Waals surface area (Å²) in [5.74, 6) is -0.720. The number of fused-ring (bicyclic) bond motifs is 1. The van der Waals surface area contributed by atoms with Crippen molar-refractivity contribution in [1.29, 1.82) is 0 Å². The fourth-order valence-corrected chi connectivity index (χ4v) is 8.84. The fourth-order valence-electron chi connectivity index (χ4n) is 3.40. The van der Waals surface area contributed by atoms with Gasteiger partial charge in [-0.25, -0.2) is 9.00 Å². The summed E-state index contributed by atoms with van der Waals surface area (Å²) in [7, 11) is -2.11. The van der Waals surface area contributed by atoms with Gasteiger partial charge in [0.15, 0.2) is 14.0 Å². The van der Waals surface area contributed by atoms with Crippen LogP contribution in [0.2, 0.25) is 18.1 Å². The number of benzene rings is 1. The van der Waals surface area contributed by atoms with Crippen LogP contribution in [-0.2, 0) is 35.2 Å². The first kappa shape index (κ1) is 28.9. The molecule has 0 N–H and O–H groups in total. The zero-order valence-electron chi connectivity index (χ0n) is 21.3. The summed E-state index contributed by atoms with van der Waals surface area (Å²) in [4.78, 5) is 37.9. The van der Waals surface area contributed by atoms with Gasteiger partial charge in [-0.3, -0.25) is 19.8 Å². The third-order valence-electron chi connectivity index (χ3n) is 6.63. The average molecular weight is 573 g/mol. The molecule has 2 heterocycles. The van der Waals surface area contributed by atoms with Crippen LogP contribution in [0.3, 0.4) is 0 Å². The maximum Gasteiger partial charge on any atom is 0.357 e. The van der Waals surface area contributed by atoms with Crippen molar-refractivity contribution < 1.29 is 27.9 Å². The van der Waals surface area contributed by atoms with Gasteiger partial charge in [0.2, 0.25) is 5.91 Å². The minimum Gasteiger partial charge on any atom is -0.456 e. The molecule has 36 heavy (non-hydrogen) atoms. The molecule has 0 unspecified atom stereocenters. The van der Waals surface area contributed by atoms with E-state index in [1.807, 2.05) is 0 Å². The zero-order valence-corrected chi connectivity index (χ0v) is 24.7. The highest BCUT2D eigenvalue weighted by Crippen LogP contribution is 2.54. The number of nitrogens with zero attached hydrogens (tertiary/aromatic N) is 2. The SMILES string of the molecule is CC[S@](=O)SC1=C(C(=O)OCc2ccc([N+](=O)[O-])cc2)N2C(=O)[C@H](CCO[Si](C)(C)C(C)(C)C)[C@H]2S1. The highest BCUT2D eigenvalue weighted by molar-refractivity contribution is 8.73. The smallest absolute Gasteiger partial charge is 0.357 e. The molecule has 3 rings (SSSR count). The lowest BCUT2D eigenvalue weighted by atomic mass is 9.94. The van der Waals surface area contributed by atoms with Crippen molar-refractivity contribution in [3.05, 3.63) is 49.9 Å². The van der Waals surface area contributed by atoms with E-state index >= 15 is 0 Å². The molecule has 0 aromatic heterocycles. The maximum atomic E-state index is 13.1. The lowest BCUT2D eigenvalue weighted by Gasteiger charge is -2.43. The van der Waals surface area contributed by atoms with Crippen molar-refractivity contribution >= 4 is 58.3 Å². The number of carbonyl (C=O) groups excluding carboxylic acids is 2. The van der Waals surface area contributed by atoms with Crippen molar-refractivity contribution in [2.45, 2.75) is 64.2 Å². The average Bonchev–Trinajstić information content (AvgIpc) is 3.14. The van der Waals surface area contributed by atoms with Gasteiger partial charge in [-0.05, 0) is 53.0 Å². The van der Waals surface area contributed by atoms with E-state index in [1.54, 1.807) is 6.92 Å². The van der Waals surface area contributed by atoms with E-state index in [0.717, 1.165) is 10.8 Å². The summed E-state index contributed by atoms with van der Waals surface area (Å²) in [5.41, 5.74) is 0.655. The van der Waals surface area contributed by atoms with Crippen LogP contribution < -0.4 is 0 Å². The lowest BCUT2D eigenvalue weighted by molar-refractivity contribution is -0.384. The first-order valence-corrected chi connectivity index (χ1v) is 18.1. The van der Waals surface area contributed by atoms with Crippen molar-refractivity contribution in [2.75, 3.05) is 12.4 Å². The van der Waals surface area contributed by atoms with Gasteiger partial charge in [0.25, 0.3) is 5.69 Å². The first-order valence-electron chi connectivity index (χ1n) is 11.6. The Bertz CT molecular complexity index is 1090. The second-order valence-electron chi connectivity index (χ2n) is 10.0. The molecule has 2 aliphatic heterocycles. The minimum atomic E-state index is -1.94. The molecular formula is C23H32N2O7S3Si. The van der Waals surface area contributed by atoms with E-state index in [2.05, 4.69) is 33.9 Å². The largest absolute Gasteiger partial charge is 0.456 e. The Kier molecular flexibility index (Phi) is 9.13. The predicted octanol–water partition coefficient (Wildman–Crippen LogP) is 5.17. The quantitative estimate of drug-likeness (QED) is 0.0884. The molecular weight excluding hydrogens is 541 g/mol. The van der Waals surface area contributed by atoms with Crippen molar-refractivity contribution in [3.63, 3.8) is 0 Å². The summed E-state index contributed by atoms with van der Waals surface area (Å²) < 4.78 is 24.5. The number of carbonyl (C=O) groups is 2. The Labute approximate surface area is 222 Å². The van der Waals surface area contributed by atoms with Gasteiger partial charge in [-0.15, -0.1) is 0 Å². The Hall–Kier alpha value is -1.67. The van der Waals surface area contributed by atoms with E-state index in [0.29, 0.717) is 28.6 Å². The van der Waals surface area contributed by atoms with E-state index in [1.165, 1.54) is 40.9 Å². The summed E-state index contributed by atoms with van der Waals surface area (Å²) >= 11 is 1.38. The van der Waals surface area contributed by atoms with Gasteiger partial charge < -0.3 is 9.16 Å². The Balaban J connectivity index is 1.68. The molecule has 0 saturated carbocycles. The number of amides is 1. The Morgan fingerprint density at radius 2 is 1.92 bits per heavy atom. The summed E-state index contributed by atoms with van der Waals surface area (Å²) in [6.45, 7) is 13.0. The fraction of sp³-hybridized carbons (Fsp3) is 0.565. The highest BCUT2D eigenvalue weighted by atomic mass is 33.1. The van der Waals surface area contributed by atoms with Gasteiger partial charge >= 0.3 is 5.97 Å². The molecule has 1 saturated heterocycles. The predicted molar refractivity (Wildman–Crippen MR) is 146 cm³/mol. The van der Waals surface area contributed by atoms with Crippen LogP contribution >= 0.6 is 22.6 Å². The second kappa shape index (κ2) is 11.4. The third-order valence-corrected chi connectivity index (χ3v) is 16.0. The van der Waals surface area contributed by atoms with E-state index in [4.69, 9.17) is 9.16 Å². The molecule has 13 heteroatoms. The number of esters is 1. The molecule has 198 valence electrons. The third kappa shape index (κ3) is 6.24. The van der Waals surface area contributed by atoms with Crippen molar-refractivity contribution in [3.8, 4) is 0 Å². The molecule has 0 aliphatic carbocycles. The zero-order chi connectivity index (χ0) is 26.8. The number of thioether (sulfide) groups is 1. The van der Waals surface area contributed by atoms with E-state index in [9.17, 15) is 23.9 Å². The first-order chi connectivity index (χ1) is 16.8.